The van der Waals surface area contributed by atoms with Crippen molar-refractivity contribution in [2.45, 2.75) is 20.4 Å². The Labute approximate surface area is 131 Å². The van der Waals surface area contributed by atoms with Crippen LogP contribution in [-0.4, -0.2) is 41.4 Å². The first-order chi connectivity index (χ1) is 10.5. The van der Waals surface area contributed by atoms with Gasteiger partial charge in [0, 0.05) is 39.1 Å². The molecule has 0 aliphatic heterocycles. The zero-order valence-corrected chi connectivity index (χ0v) is 13.6. The van der Waals surface area contributed by atoms with Gasteiger partial charge in [0.2, 0.25) is 0 Å². The molecular formula is C17H22N4O. The fourth-order valence-corrected chi connectivity index (χ4v) is 2.11. The Bertz CT molecular complexity index is 620. The molecule has 0 saturated heterocycles. The highest BCUT2D eigenvalue weighted by molar-refractivity contribution is 5.91. The molecule has 1 aromatic heterocycles. The minimum atomic E-state index is -0.0910. The van der Waals surface area contributed by atoms with Crippen molar-refractivity contribution in [1.82, 2.24) is 14.9 Å². The van der Waals surface area contributed by atoms with Crippen LogP contribution in [0.4, 0.5) is 5.69 Å². The van der Waals surface area contributed by atoms with Crippen molar-refractivity contribution >= 4 is 11.6 Å². The van der Waals surface area contributed by atoms with Crippen molar-refractivity contribution in [3.05, 3.63) is 53.6 Å². The third-order valence-electron chi connectivity index (χ3n) is 3.50. The van der Waals surface area contributed by atoms with Crippen LogP contribution in [0.15, 0.2) is 36.7 Å². The molecule has 0 radical (unpaired) electrons. The van der Waals surface area contributed by atoms with Gasteiger partial charge >= 0.3 is 0 Å². The summed E-state index contributed by atoms with van der Waals surface area (Å²) in [7, 11) is 4.01. The van der Waals surface area contributed by atoms with E-state index in [0.717, 1.165) is 16.9 Å². The van der Waals surface area contributed by atoms with Gasteiger partial charge in [-0.2, -0.15) is 0 Å². The first kappa shape index (κ1) is 15.9. The molecule has 2 aromatic rings. The maximum atomic E-state index is 12.5. The SMILES string of the molecule is CCN(Cc1ccc(N(C)C)cc1)C(=O)c1cnc(C)cn1. The van der Waals surface area contributed by atoms with Crippen molar-refractivity contribution < 1.29 is 4.79 Å². The van der Waals surface area contributed by atoms with Crippen molar-refractivity contribution in [2.24, 2.45) is 0 Å². The lowest BCUT2D eigenvalue weighted by molar-refractivity contribution is 0.0746. The van der Waals surface area contributed by atoms with Gasteiger partial charge in [0.1, 0.15) is 5.69 Å². The molecule has 0 spiro atoms. The molecule has 0 fully saturated rings. The molecule has 0 N–H and O–H groups in total. The second-order valence-electron chi connectivity index (χ2n) is 5.42. The van der Waals surface area contributed by atoms with Gasteiger partial charge < -0.3 is 9.80 Å². The molecule has 0 bridgehead atoms. The lowest BCUT2D eigenvalue weighted by Crippen LogP contribution is -2.31. The second kappa shape index (κ2) is 7.02. The van der Waals surface area contributed by atoms with Crippen LogP contribution in [0, 0.1) is 6.92 Å². The summed E-state index contributed by atoms with van der Waals surface area (Å²) in [5.41, 5.74) is 3.43. The Balaban J connectivity index is 2.11. The van der Waals surface area contributed by atoms with E-state index < -0.39 is 0 Å². The van der Waals surface area contributed by atoms with E-state index in [2.05, 4.69) is 27.0 Å². The van der Waals surface area contributed by atoms with Gasteiger partial charge in [0.25, 0.3) is 5.91 Å². The lowest BCUT2D eigenvalue weighted by atomic mass is 10.2. The maximum Gasteiger partial charge on any atom is 0.274 e. The minimum Gasteiger partial charge on any atom is -0.378 e. The Morgan fingerprint density at radius 1 is 1.09 bits per heavy atom. The summed E-state index contributed by atoms with van der Waals surface area (Å²) in [5.74, 6) is -0.0910. The normalized spacial score (nSPS) is 10.4. The van der Waals surface area contributed by atoms with Gasteiger partial charge in [0.15, 0.2) is 0 Å². The van der Waals surface area contributed by atoms with E-state index in [4.69, 9.17) is 0 Å². The van der Waals surface area contributed by atoms with E-state index in [-0.39, 0.29) is 5.91 Å². The second-order valence-corrected chi connectivity index (χ2v) is 5.42. The largest absolute Gasteiger partial charge is 0.378 e. The number of hydrogen-bond donors (Lipinski definition) is 0. The predicted octanol–water partition coefficient (Wildman–Crippen LogP) is 2.51. The monoisotopic (exact) mass is 298 g/mol. The number of anilines is 1. The average Bonchev–Trinajstić information content (AvgIpc) is 2.53. The van der Waals surface area contributed by atoms with Gasteiger partial charge in [-0.3, -0.25) is 9.78 Å². The number of carbonyl (C=O) groups excluding carboxylic acids is 1. The molecular weight excluding hydrogens is 276 g/mol. The third-order valence-corrected chi connectivity index (χ3v) is 3.50. The number of aromatic nitrogens is 2. The quantitative estimate of drug-likeness (QED) is 0.851. The van der Waals surface area contributed by atoms with Crippen LogP contribution in [0.3, 0.4) is 0 Å². The van der Waals surface area contributed by atoms with Crippen molar-refractivity contribution in [2.75, 3.05) is 25.5 Å². The van der Waals surface area contributed by atoms with E-state index in [0.29, 0.717) is 18.8 Å². The summed E-state index contributed by atoms with van der Waals surface area (Å²) in [5, 5.41) is 0. The zero-order valence-electron chi connectivity index (χ0n) is 13.6. The number of benzene rings is 1. The van der Waals surface area contributed by atoms with Crippen LogP contribution in [0.25, 0.3) is 0 Å². The summed E-state index contributed by atoms with van der Waals surface area (Å²) >= 11 is 0. The predicted molar refractivity (Wildman–Crippen MR) is 88.0 cm³/mol. The lowest BCUT2D eigenvalue weighted by Gasteiger charge is -2.21. The van der Waals surface area contributed by atoms with Gasteiger partial charge in [-0.15, -0.1) is 0 Å². The molecule has 0 saturated carbocycles. The van der Waals surface area contributed by atoms with Crippen molar-refractivity contribution in [3.8, 4) is 0 Å². The fraction of sp³-hybridized carbons (Fsp3) is 0.353. The van der Waals surface area contributed by atoms with E-state index >= 15 is 0 Å². The summed E-state index contributed by atoms with van der Waals surface area (Å²) in [4.78, 5) is 24.6. The Kier molecular flexibility index (Phi) is 5.09. The minimum absolute atomic E-state index is 0.0910. The van der Waals surface area contributed by atoms with Gasteiger partial charge in [-0.1, -0.05) is 12.1 Å². The van der Waals surface area contributed by atoms with Crippen molar-refractivity contribution in [1.29, 1.82) is 0 Å². The number of hydrogen-bond acceptors (Lipinski definition) is 4. The zero-order chi connectivity index (χ0) is 16.1. The van der Waals surface area contributed by atoms with Crippen LogP contribution in [0.1, 0.15) is 28.7 Å². The Morgan fingerprint density at radius 3 is 2.27 bits per heavy atom. The van der Waals surface area contributed by atoms with E-state index in [9.17, 15) is 4.79 Å². The highest BCUT2D eigenvalue weighted by Crippen LogP contribution is 2.14. The average molecular weight is 298 g/mol. The highest BCUT2D eigenvalue weighted by Gasteiger charge is 2.16. The van der Waals surface area contributed by atoms with Crippen LogP contribution >= 0.6 is 0 Å². The van der Waals surface area contributed by atoms with Crippen molar-refractivity contribution in [3.63, 3.8) is 0 Å². The van der Waals surface area contributed by atoms with Gasteiger partial charge in [0.05, 0.1) is 11.9 Å². The summed E-state index contributed by atoms with van der Waals surface area (Å²) in [6.07, 6.45) is 3.16. The fourth-order valence-electron chi connectivity index (χ4n) is 2.11. The number of aryl methyl sites for hydroxylation is 1. The molecule has 0 atom stereocenters. The number of amides is 1. The molecule has 5 nitrogen and oxygen atoms in total. The molecule has 2 rings (SSSR count). The summed E-state index contributed by atoms with van der Waals surface area (Å²) in [6.45, 7) is 5.02. The number of carbonyl (C=O) groups is 1. The van der Waals surface area contributed by atoms with Crippen LogP contribution in [-0.2, 0) is 6.54 Å². The van der Waals surface area contributed by atoms with E-state index in [1.807, 2.05) is 40.1 Å². The van der Waals surface area contributed by atoms with Crippen LogP contribution < -0.4 is 4.90 Å². The molecule has 1 amide bonds. The molecule has 0 aliphatic rings. The number of rotatable bonds is 5. The first-order valence-electron chi connectivity index (χ1n) is 7.35. The first-order valence-corrected chi connectivity index (χ1v) is 7.35. The maximum absolute atomic E-state index is 12.5. The van der Waals surface area contributed by atoms with Gasteiger partial charge in [-0.25, -0.2) is 4.98 Å². The van der Waals surface area contributed by atoms with Gasteiger partial charge in [-0.05, 0) is 31.5 Å². The molecule has 0 unspecified atom stereocenters. The van der Waals surface area contributed by atoms with E-state index in [1.165, 1.54) is 6.20 Å². The Morgan fingerprint density at radius 2 is 1.77 bits per heavy atom. The van der Waals surface area contributed by atoms with E-state index in [1.54, 1.807) is 11.1 Å². The molecule has 116 valence electrons. The topological polar surface area (TPSA) is 49.3 Å². The standard InChI is InChI=1S/C17H22N4O/c1-5-21(17(22)16-11-18-13(2)10-19-16)12-14-6-8-15(9-7-14)20(3)4/h6-11H,5,12H2,1-4H3. The molecule has 22 heavy (non-hydrogen) atoms. The summed E-state index contributed by atoms with van der Waals surface area (Å²) < 4.78 is 0. The third kappa shape index (κ3) is 3.81. The molecule has 0 aliphatic carbocycles. The molecule has 5 heteroatoms. The number of nitrogens with zero attached hydrogens (tertiary/aromatic N) is 4. The molecule has 1 aromatic carbocycles. The highest BCUT2D eigenvalue weighted by atomic mass is 16.2. The molecule has 1 heterocycles. The Hall–Kier alpha value is -2.43. The smallest absolute Gasteiger partial charge is 0.274 e. The van der Waals surface area contributed by atoms with Crippen LogP contribution in [0.2, 0.25) is 0 Å². The summed E-state index contributed by atoms with van der Waals surface area (Å²) in [6, 6.07) is 8.21. The van der Waals surface area contributed by atoms with Crippen LogP contribution in [0.5, 0.6) is 0 Å².